The third-order valence-corrected chi connectivity index (χ3v) is 11.6. The molecule has 8 N–H and O–H groups in total. The molecule has 4 heterocycles. The van der Waals surface area contributed by atoms with Gasteiger partial charge in [0.1, 0.15) is 11.5 Å². The quantitative estimate of drug-likeness (QED) is 0.0593. The van der Waals surface area contributed by atoms with Crippen molar-refractivity contribution in [3.8, 4) is 11.5 Å². The Kier molecular flexibility index (Phi) is 15.2. The van der Waals surface area contributed by atoms with Gasteiger partial charge in [-0.15, -0.1) is 22.7 Å². The number of carbonyl (C=O) groups is 4. The molecular weight excluding hydrogens is 825 g/mol. The average molecular weight is 869 g/mol. The van der Waals surface area contributed by atoms with Gasteiger partial charge in [0, 0.05) is 58.8 Å². The van der Waals surface area contributed by atoms with Crippen LogP contribution in [0.1, 0.15) is 61.1 Å². The number of carboxylic acid groups (broad SMARTS) is 2. The van der Waals surface area contributed by atoms with E-state index < -0.39 is 47.2 Å². The molecule has 0 aliphatic heterocycles. The molecule has 0 saturated carbocycles. The van der Waals surface area contributed by atoms with Crippen molar-refractivity contribution in [2.24, 2.45) is 14.1 Å². The number of urea groups is 2. The van der Waals surface area contributed by atoms with E-state index in [1.165, 1.54) is 81.6 Å². The molecule has 0 bridgehead atoms. The molecule has 0 saturated heterocycles. The lowest BCUT2D eigenvalue weighted by molar-refractivity contribution is -0.138. The van der Waals surface area contributed by atoms with Crippen LogP contribution in [0.4, 0.5) is 21.0 Å². The molecule has 4 amide bonds. The predicted molar refractivity (Wildman–Crippen MR) is 233 cm³/mol. The number of anilines is 2. The monoisotopic (exact) mass is 868 g/mol. The smallest absolute Gasteiger partial charge is 0.320 e. The zero-order valence-corrected chi connectivity index (χ0v) is 34.9. The Morgan fingerprint density at radius 3 is 1.51 bits per heavy atom. The first-order valence-electron chi connectivity index (χ1n) is 18.7. The zero-order chi connectivity index (χ0) is 44.2. The topological polar surface area (TPSA) is 241 Å². The van der Waals surface area contributed by atoms with Crippen LogP contribution >= 0.6 is 22.7 Å². The number of amides is 4. The second-order valence-electron chi connectivity index (χ2n) is 13.9. The standard InChI is InChI=1S/C22H23N3O5S.C21H21N3O5S/c1-13-5-3-4-6-14(13)11-15-7-8-18(31-15)16(12-19(27)28)23-22(30)24-20-17(26)9-10-25(2)21(20)29;1-24-10-9-16(25)19(20(24)28)23-21(29)22-15(12-18(26)27)17-8-7-14(30-17)11-13-5-3-2-4-6-13/h3-10,16,26H,11-12H2,1-2H3,(H,27,28)(H2,23,24,30);2-10,15,25H,11-12H2,1H3,(H,26,27)(H2,22,23,29)/t16-;15-/m00/s1. The molecule has 0 unspecified atom stereocenters. The summed E-state index contributed by atoms with van der Waals surface area (Å²) in [6, 6.07) is 24.7. The summed E-state index contributed by atoms with van der Waals surface area (Å²) in [7, 11) is 2.97. The summed E-state index contributed by atoms with van der Waals surface area (Å²) in [4.78, 5) is 75.2. The number of carbonyl (C=O) groups excluding carboxylic acids is 2. The number of aromatic nitrogens is 2. The fourth-order valence-electron chi connectivity index (χ4n) is 6.03. The Morgan fingerprint density at radius 1 is 0.607 bits per heavy atom. The first kappa shape index (κ1) is 44.9. The molecule has 2 atom stereocenters. The van der Waals surface area contributed by atoms with Crippen molar-refractivity contribution in [2.75, 3.05) is 10.6 Å². The van der Waals surface area contributed by atoms with Gasteiger partial charge in [-0.05, 0) is 60.0 Å². The third kappa shape index (κ3) is 12.7. The molecule has 61 heavy (non-hydrogen) atoms. The van der Waals surface area contributed by atoms with Crippen LogP contribution in [0, 0.1) is 6.92 Å². The Bertz CT molecular complexity index is 2640. The second-order valence-corrected chi connectivity index (χ2v) is 16.3. The van der Waals surface area contributed by atoms with Gasteiger partial charge in [-0.1, -0.05) is 54.6 Å². The summed E-state index contributed by atoms with van der Waals surface area (Å²) in [5.41, 5.74) is 1.75. The summed E-state index contributed by atoms with van der Waals surface area (Å²) in [5.74, 6) is -2.89. The minimum atomic E-state index is -1.07. The first-order chi connectivity index (χ1) is 29.1. The third-order valence-electron chi connectivity index (χ3n) is 9.24. The number of hydrogen-bond acceptors (Lipinski definition) is 10. The van der Waals surface area contributed by atoms with Crippen LogP contribution in [-0.4, -0.2) is 53.6 Å². The van der Waals surface area contributed by atoms with Crippen molar-refractivity contribution in [3.63, 3.8) is 0 Å². The van der Waals surface area contributed by atoms with Gasteiger partial charge in [-0.25, -0.2) is 9.59 Å². The van der Waals surface area contributed by atoms with Crippen molar-refractivity contribution < 1.29 is 39.6 Å². The molecule has 0 aliphatic carbocycles. The molecule has 0 radical (unpaired) electrons. The summed E-state index contributed by atoms with van der Waals surface area (Å²) >= 11 is 2.84. The van der Waals surface area contributed by atoms with Gasteiger partial charge < -0.3 is 50.8 Å². The highest BCUT2D eigenvalue weighted by Crippen LogP contribution is 2.30. The van der Waals surface area contributed by atoms with E-state index in [1.807, 2.05) is 73.7 Å². The van der Waals surface area contributed by atoms with E-state index >= 15 is 0 Å². The largest absolute Gasteiger partial charge is 0.505 e. The molecule has 16 nitrogen and oxygen atoms in total. The van der Waals surface area contributed by atoms with Crippen LogP contribution in [0.25, 0.3) is 0 Å². The van der Waals surface area contributed by atoms with Gasteiger partial charge in [0.25, 0.3) is 11.1 Å². The highest BCUT2D eigenvalue weighted by Gasteiger charge is 2.23. The van der Waals surface area contributed by atoms with Crippen molar-refractivity contribution in [3.05, 3.63) is 160 Å². The number of benzene rings is 2. The minimum Gasteiger partial charge on any atom is -0.505 e. The summed E-state index contributed by atoms with van der Waals surface area (Å²) in [6.45, 7) is 2.03. The lowest BCUT2D eigenvalue weighted by Gasteiger charge is -2.16. The van der Waals surface area contributed by atoms with Gasteiger partial charge in [0.15, 0.2) is 11.4 Å². The van der Waals surface area contributed by atoms with E-state index in [-0.39, 0.29) is 35.7 Å². The molecule has 0 fully saturated rings. The van der Waals surface area contributed by atoms with Crippen molar-refractivity contribution in [1.29, 1.82) is 0 Å². The molecule has 6 rings (SSSR count). The van der Waals surface area contributed by atoms with E-state index in [4.69, 9.17) is 0 Å². The van der Waals surface area contributed by atoms with Gasteiger partial charge in [0.05, 0.1) is 24.9 Å². The lowest BCUT2D eigenvalue weighted by atomic mass is 10.1. The van der Waals surface area contributed by atoms with E-state index in [0.717, 1.165) is 15.3 Å². The first-order valence-corrected chi connectivity index (χ1v) is 20.3. The SMILES string of the molecule is Cc1ccccc1Cc1ccc([C@H](CC(=O)O)NC(=O)Nc2c(O)ccn(C)c2=O)s1.Cn1ccc(O)c(NC(=O)N[C@@H](CC(=O)O)c2ccc(Cc3ccccc3)s2)c1=O. The van der Waals surface area contributed by atoms with Crippen LogP contribution in [0.2, 0.25) is 0 Å². The maximum Gasteiger partial charge on any atom is 0.320 e. The van der Waals surface area contributed by atoms with Crippen LogP contribution in [-0.2, 0) is 36.5 Å². The maximum absolute atomic E-state index is 12.5. The Balaban J connectivity index is 0.000000231. The van der Waals surface area contributed by atoms with E-state index in [9.17, 15) is 49.2 Å². The normalized spacial score (nSPS) is 11.7. The number of rotatable bonds is 14. The fourth-order valence-corrected chi connectivity index (χ4v) is 8.22. The van der Waals surface area contributed by atoms with Crippen LogP contribution in [0.15, 0.2) is 113 Å². The van der Waals surface area contributed by atoms with E-state index in [1.54, 1.807) is 12.1 Å². The number of aliphatic carboxylic acids is 2. The van der Waals surface area contributed by atoms with Crippen molar-refractivity contribution in [1.82, 2.24) is 19.8 Å². The van der Waals surface area contributed by atoms with Gasteiger partial charge in [0.2, 0.25) is 0 Å². The number of aryl methyl sites for hydroxylation is 3. The number of nitrogens with one attached hydrogen (secondary N) is 4. The van der Waals surface area contributed by atoms with E-state index in [0.29, 0.717) is 22.6 Å². The molecule has 318 valence electrons. The van der Waals surface area contributed by atoms with Crippen LogP contribution in [0.5, 0.6) is 11.5 Å². The van der Waals surface area contributed by atoms with Crippen molar-refractivity contribution >= 4 is 58.0 Å². The van der Waals surface area contributed by atoms with Gasteiger partial charge >= 0.3 is 24.0 Å². The highest BCUT2D eigenvalue weighted by molar-refractivity contribution is 7.12. The van der Waals surface area contributed by atoms with Gasteiger partial charge in [-0.3, -0.25) is 19.2 Å². The number of pyridine rings is 2. The molecule has 6 aromatic rings. The molecular formula is C43H44N6O10S2. The number of thiophene rings is 2. The molecule has 4 aromatic heterocycles. The Labute approximate surface area is 357 Å². The highest BCUT2D eigenvalue weighted by atomic mass is 32.1. The van der Waals surface area contributed by atoms with Crippen LogP contribution < -0.4 is 32.4 Å². The summed E-state index contributed by atoms with van der Waals surface area (Å²) in [5, 5.41) is 48.1. The van der Waals surface area contributed by atoms with Crippen molar-refractivity contribution in [2.45, 2.75) is 44.7 Å². The van der Waals surface area contributed by atoms with E-state index in [2.05, 4.69) is 21.3 Å². The molecule has 0 aliphatic rings. The molecule has 0 spiro atoms. The van der Waals surface area contributed by atoms with Crippen LogP contribution in [0.3, 0.4) is 0 Å². The lowest BCUT2D eigenvalue weighted by Crippen LogP contribution is -2.35. The molecule has 18 heteroatoms. The van der Waals surface area contributed by atoms with Gasteiger partial charge in [-0.2, -0.15) is 0 Å². The fraction of sp³-hybridized carbons (Fsp3) is 0.209. The number of nitrogens with zero attached hydrogens (tertiary/aromatic N) is 2. The number of carboxylic acids is 2. The number of hydrogen-bond donors (Lipinski definition) is 8. The molecule has 2 aromatic carbocycles. The Hall–Kier alpha value is -7.18. The Morgan fingerprint density at radius 2 is 1.05 bits per heavy atom. The summed E-state index contributed by atoms with van der Waals surface area (Å²) in [6.07, 6.45) is 3.50. The summed E-state index contributed by atoms with van der Waals surface area (Å²) < 4.78 is 2.42. The average Bonchev–Trinajstić information content (AvgIpc) is 3.89. The minimum absolute atomic E-state index is 0.275. The predicted octanol–water partition coefficient (Wildman–Crippen LogP) is 6.47. The second kappa shape index (κ2) is 20.7. The maximum atomic E-state index is 12.5. The number of aromatic hydroxyl groups is 2. The zero-order valence-electron chi connectivity index (χ0n) is 33.2.